The SMILES string of the molecule is NC/C=C/c1ccc(Br)cc1[N+](=O)[O-]. The Balaban J connectivity index is 3.15. The Labute approximate surface area is 89.7 Å². The van der Waals surface area contributed by atoms with Gasteiger partial charge in [-0.2, -0.15) is 0 Å². The highest BCUT2D eigenvalue weighted by Crippen LogP contribution is 2.24. The summed E-state index contributed by atoms with van der Waals surface area (Å²) in [7, 11) is 0. The third kappa shape index (κ3) is 2.65. The first-order chi connectivity index (χ1) is 6.65. The summed E-state index contributed by atoms with van der Waals surface area (Å²) in [5.41, 5.74) is 5.90. The molecule has 0 bridgehead atoms. The van der Waals surface area contributed by atoms with E-state index in [1.165, 1.54) is 6.07 Å². The van der Waals surface area contributed by atoms with Crippen LogP contribution in [-0.2, 0) is 0 Å². The largest absolute Gasteiger partial charge is 0.327 e. The number of hydrogen-bond acceptors (Lipinski definition) is 3. The average molecular weight is 257 g/mol. The standard InChI is InChI=1S/C9H9BrN2O2/c10-8-4-3-7(2-1-5-11)9(6-8)12(13)14/h1-4,6H,5,11H2/b2-1+. The molecule has 0 aromatic heterocycles. The van der Waals surface area contributed by atoms with Crippen molar-refractivity contribution in [1.82, 2.24) is 0 Å². The zero-order valence-corrected chi connectivity index (χ0v) is 8.90. The molecule has 0 saturated carbocycles. The number of nitro groups is 1. The monoisotopic (exact) mass is 256 g/mol. The van der Waals surface area contributed by atoms with Crippen LogP contribution in [0.15, 0.2) is 28.7 Å². The van der Waals surface area contributed by atoms with Crippen molar-refractivity contribution in [1.29, 1.82) is 0 Å². The minimum absolute atomic E-state index is 0.0732. The summed E-state index contributed by atoms with van der Waals surface area (Å²) < 4.78 is 0.689. The summed E-state index contributed by atoms with van der Waals surface area (Å²) in [6.45, 7) is 0.368. The van der Waals surface area contributed by atoms with Crippen molar-refractivity contribution in [2.75, 3.05) is 6.54 Å². The maximum atomic E-state index is 10.7. The Kier molecular flexibility index (Phi) is 3.79. The molecular weight excluding hydrogens is 248 g/mol. The first kappa shape index (κ1) is 10.9. The normalized spacial score (nSPS) is 10.7. The molecule has 4 nitrogen and oxygen atoms in total. The van der Waals surface area contributed by atoms with Crippen LogP contribution in [-0.4, -0.2) is 11.5 Å². The smallest absolute Gasteiger partial charge is 0.277 e. The number of nitro benzene ring substituents is 1. The average Bonchev–Trinajstić information content (AvgIpc) is 2.15. The van der Waals surface area contributed by atoms with Gasteiger partial charge in [-0.05, 0) is 12.1 Å². The van der Waals surface area contributed by atoms with E-state index in [0.29, 0.717) is 16.6 Å². The molecule has 0 radical (unpaired) electrons. The summed E-state index contributed by atoms with van der Waals surface area (Å²) in [4.78, 5) is 10.2. The molecule has 0 aliphatic heterocycles. The highest BCUT2D eigenvalue weighted by atomic mass is 79.9. The Hall–Kier alpha value is -1.20. The lowest BCUT2D eigenvalue weighted by atomic mass is 10.1. The van der Waals surface area contributed by atoms with E-state index in [0.717, 1.165) is 0 Å². The van der Waals surface area contributed by atoms with Gasteiger partial charge in [-0.1, -0.05) is 28.1 Å². The fourth-order valence-electron chi connectivity index (χ4n) is 1.01. The molecule has 1 aromatic carbocycles. The Morgan fingerprint density at radius 1 is 1.57 bits per heavy atom. The van der Waals surface area contributed by atoms with Crippen molar-refractivity contribution in [2.24, 2.45) is 5.73 Å². The molecule has 0 aliphatic rings. The van der Waals surface area contributed by atoms with Crippen molar-refractivity contribution in [2.45, 2.75) is 0 Å². The van der Waals surface area contributed by atoms with Crippen LogP contribution in [0.4, 0.5) is 5.69 Å². The molecule has 14 heavy (non-hydrogen) atoms. The fourth-order valence-corrected chi connectivity index (χ4v) is 1.36. The first-order valence-electron chi connectivity index (χ1n) is 3.95. The third-order valence-electron chi connectivity index (χ3n) is 1.62. The number of nitrogens with zero attached hydrogens (tertiary/aromatic N) is 1. The van der Waals surface area contributed by atoms with Crippen LogP contribution < -0.4 is 5.73 Å². The molecule has 2 N–H and O–H groups in total. The predicted molar refractivity (Wildman–Crippen MR) is 58.9 cm³/mol. The quantitative estimate of drug-likeness (QED) is 0.667. The highest BCUT2D eigenvalue weighted by molar-refractivity contribution is 9.10. The second-order valence-electron chi connectivity index (χ2n) is 2.60. The van der Waals surface area contributed by atoms with Crippen LogP contribution in [0, 0.1) is 10.1 Å². The number of hydrogen-bond donors (Lipinski definition) is 1. The second kappa shape index (κ2) is 4.88. The molecule has 0 heterocycles. The molecule has 0 spiro atoms. The molecule has 0 unspecified atom stereocenters. The summed E-state index contributed by atoms with van der Waals surface area (Å²) in [5, 5.41) is 10.7. The van der Waals surface area contributed by atoms with Gasteiger partial charge in [0.15, 0.2) is 0 Å². The topological polar surface area (TPSA) is 69.2 Å². The van der Waals surface area contributed by atoms with E-state index in [1.54, 1.807) is 24.3 Å². The van der Waals surface area contributed by atoms with Gasteiger partial charge in [-0.3, -0.25) is 10.1 Å². The molecule has 0 amide bonds. The Bertz CT molecular complexity index is 377. The minimum atomic E-state index is -0.416. The van der Waals surface area contributed by atoms with E-state index < -0.39 is 4.92 Å². The Morgan fingerprint density at radius 3 is 2.86 bits per heavy atom. The summed E-state index contributed by atoms with van der Waals surface area (Å²) in [6, 6.07) is 4.90. The maximum Gasteiger partial charge on any atom is 0.277 e. The maximum absolute atomic E-state index is 10.7. The van der Waals surface area contributed by atoms with Crippen LogP contribution in [0.1, 0.15) is 5.56 Å². The fraction of sp³-hybridized carbons (Fsp3) is 0.111. The van der Waals surface area contributed by atoms with E-state index in [4.69, 9.17) is 5.73 Å². The summed E-state index contributed by atoms with van der Waals surface area (Å²) in [5.74, 6) is 0. The van der Waals surface area contributed by atoms with Crippen LogP contribution in [0.3, 0.4) is 0 Å². The highest BCUT2D eigenvalue weighted by Gasteiger charge is 2.10. The zero-order valence-electron chi connectivity index (χ0n) is 7.31. The van der Waals surface area contributed by atoms with Gasteiger partial charge in [-0.25, -0.2) is 0 Å². The van der Waals surface area contributed by atoms with Crippen molar-refractivity contribution in [3.8, 4) is 0 Å². The van der Waals surface area contributed by atoms with Crippen molar-refractivity contribution < 1.29 is 4.92 Å². The van der Waals surface area contributed by atoms with Crippen LogP contribution in [0.5, 0.6) is 0 Å². The number of rotatable bonds is 3. The summed E-state index contributed by atoms with van der Waals surface area (Å²) in [6.07, 6.45) is 3.32. The van der Waals surface area contributed by atoms with E-state index >= 15 is 0 Å². The van der Waals surface area contributed by atoms with Crippen molar-refractivity contribution in [3.63, 3.8) is 0 Å². The zero-order chi connectivity index (χ0) is 10.6. The molecule has 0 fully saturated rings. The van der Waals surface area contributed by atoms with Crippen LogP contribution in [0.2, 0.25) is 0 Å². The van der Waals surface area contributed by atoms with E-state index in [-0.39, 0.29) is 5.69 Å². The van der Waals surface area contributed by atoms with Crippen molar-refractivity contribution in [3.05, 3.63) is 44.4 Å². The minimum Gasteiger partial charge on any atom is -0.327 e. The van der Waals surface area contributed by atoms with E-state index in [2.05, 4.69) is 15.9 Å². The Morgan fingerprint density at radius 2 is 2.29 bits per heavy atom. The third-order valence-corrected chi connectivity index (χ3v) is 2.12. The molecule has 5 heteroatoms. The lowest BCUT2D eigenvalue weighted by Crippen LogP contribution is -1.94. The van der Waals surface area contributed by atoms with Gasteiger partial charge in [0.05, 0.1) is 10.5 Å². The second-order valence-corrected chi connectivity index (χ2v) is 3.51. The van der Waals surface area contributed by atoms with Gasteiger partial charge in [-0.15, -0.1) is 0 Å². The molecule has 0 aliphatic carbocycles. The van der Waals surface area contributed by atoms with Crippen molar-refractivity contribution >= 4 is 27.7 Å². The molecular formula is C9H9BrN2O2. The molecule has 0 atom stereocenters. The van der Waals surface area contributed by atoms with Gasteiger partial charge in [0.1, 0.15) is 0 Å². The lowest BCUT2D eigenvalue weighted by Gasteiger charge is -1.97. The molecule has 74 valence electrons. The van der Waals surface area contributed by atoms with Gasteiger partial charge in [0, 0.05) is 17.1 Å². The number of benzene rings is 1. The van der Waals surface area contributed by atoms with Crippen LogP contribution in [0.25, 0.3) is 6.08 Å². The number of nitrogens with two attached hydrogens (primary N) is 1. The first-order valence-corrected chi connectivity index (χ1v) is 4.75. The van der Waals surface area contributed by atoms with Gasteiger partial charge in [0.2, 0.25) is 0 Å². The summed E-state index contributed by atoms with van der Waals surface area (Å²) >= 11 is 3.18. The van der Waals surface area contributed by atoms with Gasteiger partial charge < -0.3 is 5.73 Å². The van der Waals surface area contributed by atoms with E-state index in [1.807, 2.05) is 0 Å². The van der Waals surface area contributed by atoms with Gasteiger partial charge >= 0.3 is 0 Å². The predicted octanol–water partition coefficient (Wildman–Crippen LogP) is 2.33. The number of halogens is 1. The molecule has 0 saturated heterocycles. The molecule has 1 rings (SSSR count). The molecule has 1 aromatic rings. The lowest BCUT2D eigenvalue weighted by molar-refractivity contribution is -0.385. The van der Waals surface area contributed by atoms with Gasteiger partial charge in [0.25, 0.3) is 5.69 Å². The van der Waals surface area contributed by atoms with E-state index in [9.17, 15) is 10.1 Å². The van der Waals surface area contributed by atoms with Crippen LogP contribution >= 0.6 is 15.9 Å².